The molecule has 0 amide bonds. The van der Waals surface area contributed by atoms with Gasteiger partial charge in [-0.2, -0.15) is 0 Å². The van der Waals surface area contributed by atoms with E-state index < -0.39 is 12.0 Å². The fourth-order valence-corrected chi connectivity index (χ4v) is 0.848. The van der Waals surface area contributed by atoms with Crippen molar-refractivity contribution in [3.63, 3.8) is 0 Å². The lowest BCUT2D eigenvalue weighted by molar-refractivity contribution is -0.139. The lowest BCUT2D eigenvalue weighted by Gasteiger charge is -2.07. The molecule has 1 heterocycles. The molecule has 0 aliphatic rings. The van der Waals surface area contributed by atoms with Crippen molar-refractivity contribution in [2.75, 3.05) is 0 Å². The molecule has 14 heavy (non-hydrogen) atoms. The van der Waals surface area contributed by atoms with Crippen molar-refractivity contribution in [3.05, 3.63) is 30.1 Å². The molecule has 4 nitrogen and oxygen atoms in total. The molecule has 0 saturated carbocycles. The van der Waals surface area contributed by atoms with Gasteiger partial charge in [-0.25, -0.2) is 0 Å². The minimum Gasteiger partial charge on any atom is -0.480 e. The number of nitrogens with zero attached hydrogens (tertiary/aromatic N) is 1. The normalized spacial score (nSPS) is 11.5. The van der Waals surface area contributed by atoms with Crippen LogP contribution in [0.25, 0.3) is 0 Å². The van der Waals surface area contributed by atoms with E-state index in [2.05, 4.69) is 10.3 Å². The second-order valence-corrected chi connectivity index (χ2v) is 2.76. The van der Waals surface area contributed by atoms with Gasteiger partial charge in [0.2, 0.25) is 0 Å². The smallest absolute Gasteiger partial charge is 0.320 e. The van der Waals surface area contributed by atoms with E-state index in [0.717, 1.165) is 5.69 Å². The maximum absolute atomic E-state index is 10.4. The molecule has 1 rings (SSSR count). The lowest BCUT2D eigenvalue weighted by atomic mass is 10.3. The van der Waals surface area contributed by atoms with Crippen LogP contribution in [0.5, 0.6) is 0 Å². The summed E-state index contributed by atoms with van der Waals surface area (Å²) < 4.78 is 0. The lowest BCUT2D eigenvalue weighted by Crippen LogP contribution is -2.33. The Bertz CT molecular complexity index is 279. The number of rotatable bonds is 4. The van der Waals surface area contributed by atoms with Crippen LogP contribution in [0.4, 0.5) is 0 Å². The van der Waals surface area contributed by atoms with Crippen molar-refractivity contribution in [3.8, 4) is 0 Å². The van der Waals surface area contributed by atoms with E-state index in [4.69, 9.17) is 5.11 Å². The van der Waals surface area contributed by atoms with Crippen LogP contribution in [-0.2, 0) is 11.3 Å². The van der Waals surface area contributed by atoms with Gasteiger partial charge in [0.1, 0.15) is 6.04 Å². The van der Waals surface area contributed by atoms with E-state index in [0.29, 0.717) is 6.54 Å². The Morgan fingerprint density at radius 1 is 1.64 bits per heavy atom. The minimum atomic E-state index is -0.851. The van der Waals surface area contributed by atoms with Crippen LogP contribution in [0, 0.1) is 0 Å². The Balaban J connectivity index is 0.00000169. The molecule has 0 bridgehead atoms. The third kappa shape index (κ3) is 4.20. The number of carboxylic acid groups (broad SMARTS) is 1. The summed E-state index contributed by atoms with van der Waals surface area (Å²) in [7, 11) is 0. The molecular weight excluding hydrogens is 204 g/mol. The van der Waals surface area contributed by atoms with E-state index >= 15 is 0 Å². The number of nitrogens with one attached hydrogen (secondary N) is 1. The predicted molar refractivity (Wildman–Crippen MR) is 55.4 cm³/mol. The van der Waals surface area contributed by atoms with E-state index in [1.807, 2.05) is 18.2 Å². The number of hydrogen-bond acceptors (Lipinski definition) is 3. The summed E-state index contributed by atoms with van der Waals surface area (Å²) in [6, 6.07) is 5.00. The van der Waals surface area contributed by atoms with Crippen LogP contribution < -0.4 is 5.32 Å². The van der Waals surface area contributed by atoms with Gasteiger partial charge in [0, 0.05) is 12.7 Å². The molecule has 0 unspecified atom stereocenters. The average molecular weight is 217 g/mol. The molecule has 1 aromatic heterocycles. The first-order chi connectivity index (χ1) is 6.20. The molecule has 0 aromatic carbocycles. The highest BCUT2D eigenvalue weighted by Crippen LogP contribution is 1.93. The number of hydrogen-bond donors (Lipinski definition) is 2. The van der Waals surface area contributed by atoms with Crippen LogP contribution >= 0.6 is 12.4 Å². The molecule has 1 atom stereocenters. The van der Waals surface area contributed by atoms with E-state index in [1.165, 1.54) is 0 Å². The van der Waals surface area contributed by atoms with Gasteiger partial charge in [-0.15, -0.1) is 12.4 Å². The number of carboxylic acids is 1. The van der Waals surface area contributed by atoms with Gasteiger partial charge < -0.3 is 5.11 Å². The van der Waals surface area contributed by atoms with Crippen molar-refractivity contribution >= 4 is 18.4 Å². The maximum Gasteiger partial charge on any atom is 0.320 e. The van der Waals surface area contributed by atoms with Crippen LogP contribution in [0.15, 0.2) is 24.4 Å². The van der Waals surface area contributed by atoms with Crippen LogP contribution in [-0.4, -0.2) is 22.1 Å². The van der Waals surface area contributed by atoms with Gasteiger partial charge in [0.05, 0.1) is 5.69 Å². The highest BCUT2D eigenvalue weighted by Gasteiger charge is 2.08. The number of pyridine rings is 1. The second kappa shape index (κ2) is 6.34. The largest absolute Gasteiger partial charge is 0.480 e. The quantitative estimate of drug-likeness (QED) is 0.790. The zero-order chi connectivity index (χ0) is 9.68. The van der Waals surface area contributed by atoms with Crippen molar-refractivity contribution < 1.29 is 9.90 Å². The van der Waals surface area contributed by atoms with Crippen LogP contribution in [0.2, 0.25) is 0 Å². The number of aliphatic carboxylic acids is 1. The first kappa shape index (κ1) is 12.9. The Labute approximate surface area is 88.8 Å². The van der Waals surface area contributed by atoms with Gasteiger partial charge in [0.25, 0.3) is 0 Å². The molecule has 5 heteroatoms. The highest BCUT2D eigenvalue weighted by atomic mass is 35.5. The molecule has 0 radical (unpaired) electrons. The topological polar surface area (TPSA) is 62.2 Å². The van der Waals surface area contributed by atoms with Crippen LogP contribution in [0.1, 0.15) is 12.6 Å². The molecule has 78 valence electrons. The van der Waals surface area contributed by atoms with Crippen molar-refractivity contribution in [1.29, 1.82) is 0 Å². The Morgan fingerprint density at radius 2 is 2.36 bits per heavy atom. The van der Waals surface area contributed by atoms with Crippen LogP contribution in [0.3, 0.4) is 0 Å². The molecular formula is C9H13ClN2O2. The summed E-state index contributed by atoms with van der Waals surface area (Å²) in [6.45, 7) is 2.08. The number of halogens is 1. The van der Waals surface area contributed by atoms with Gasteiger partial charge in [-0.3, -0.25) is 15.1 Å². The Morgan fingerprint density at radius 3 is 2.86 bits per heavy atom. The fourth-order valence-electron chi connectivity index (χ4n) is 0.848. The second-order valence-electron chi connectivity index (χ2n) is 2.76. The summed E-state index contributed by atoms with van der Waals surface area (Å²) >= 11 is 0. The molecule has 0 aliphatic heterocycles. The summed E-state index contributed by atoms with van der Waals surface area (Å²) in [5.74, 6) is -0.851. The van der Waals surface area contributed by atoms with Gasteiger partial charge >= 0.3 is 5.97 Å². The molecule has 0 spiro atoms. The van der Waals surface area contributed by atoms with E-state index in [-0.39, 0.29) is 12.4 Å². The Kier molecular flexibility index (Phi) is 5.83. The third-order valence-electron chi connectivity index (χ3n) is 1.69. The highest BCUT2D eigenvalue weighted by molar-refractivity contribution is 5.85. The first-order valence-corrected chi connectivity index (χ1v) is 4.06. The van der Waals surface area contributed by atoms with Gasteiger partial charge in [-0.1, -0.05) is 6.07 Å². The summed E-state index contributed by atoms with van der Waals surface area (Å²) in [5, 5.41) is 11.4. The maximum atomic E-state index is 10.4. The van der Waals surface area contributed by atoms with E-state index in [1.54, 1.807) is 13.1 Å². The summed E-state index contributed by atoms with van der Waals surface area (Å²) in [6.07, 6.45) is 1.68. The standard InChI is InChI=1S/C9H12N2O2.ClH/c1-7(9(12)13)11-6-8-4-2-3-5-10-8;/h2-5,7,11H,6H2,1H3,(H,12,13);1H/t7-;/m0./s1. The minimum absolute atomic E-state index is 0. The monoisotopic (exact) mass is 216 g/mol. The zero-order valence-electron chi connectivity index (χ0n) is 7.80. The Hall–Kier alpha value is -1.13. The van der Waals surface area contributed by atoms with Gasteiger partial charge in [-0.05, 0) is 19.1 Å². The average Bonchev–Trinajstić information content (AvgIpc) is 2.15. The zero-order valence-corrected chi connectivity index (χ0v) is 8.62. The molecule has 0 aliphatic carbocycles. The van der Waals surface area contributed by atoms with Crippen molar-refractivity contribution in [1.82, 2.24) is 10.3 Å². The number of aromatic nitrogens is 1. The molecule has 1 aromatic rings. The van der Waals surface area contributed by atoms with Gasteiger partial charge in [0.15, 0.2) is 0 Å². The fraction of sp³-hybridized carbons (Fsp3) is 0.333. The summed E-state index contributed by atoms with van der Waals surface area (Å²) in [5.41, 5.74) is 0.843. The van der Waals surface area contributed by atoms with Crippen molar-refractivity contribution in [2.24, 2.45) is 0 Å². The molecule has 0 saturated heterocycles. The van der Waals surface area contributed by atoms with Crippen molar-refractivity contribution in [2.45, 2.75) is 19.5 Å². The summed E-state index contributed by atoms with van der Waals surface area (Å²) in [4.78, 5) is 14.5. The third-order valence-corrected chi connectivity index (χ3v) is 1.69. The number of carbonyl (C=O) groups is 1. The predicted octanol–water partition coefficient (Wildman–Crippen LogP) is 1.07. The molecule has 0 fully saturated rings. The molecule has 2 N–H and O–H groups in total. The van der Waals surface area contributed by atoms with E-state index in [9.17, 15) is 4.79 Å². The SMILES string of the molecule is C[C@H](NCc1ccccn1)C(=O)O.Cl. The first-order valence-electron chi connectivity index (χ1n) is 4.06.